The minimum atomic E-state index is 0.895. The zero-order chi connectivity index (χ0) is 11.5. The lowest BCUT2D eigenvalue weighted by atomic mass is 10.2. The molecule has 2 heterocycles. The highest BCUT2D eigenvalue weighted by atomic mass is 32.1. The van der Waals surface area contributed by atoms with Crippen molar-refractivity contribution in [3.8, 4) is 11.3 Å². The molecule has 0 unspecified atom stereocenters. The van der Waals surface area contributed by atoms with E-state index < -0.39 is 0 Å². The van der Waals surface area contributed by atoms with Gasteiger partial charge in [0.05, 0.1) is 5.69 Å². The van der Waals surface area contributed by atoms with Crippen LogP contribution >= 0.6 is 11.3 Å². The first-order valence-corrected chi connectivity index (χ1v) is 6.85. The van der Waals surface area contributed by atoms with Gasteiger partial charge in [-0.15, -0.1) is 11.3 Å². The maximum atomic E-state index is 4.63. The third kappa shape index (κ3) is 2.90. The Morgan fingerprint density at radius 2 is 2.12 bits per heavy atom. The number of pyridine rings is 1. The summed E-state index contributed by atoms with van der Waals surface area (Å²) in [6.07, 6.45) is 6.40. The van der Waals surface area contributed by atoms with Crippen LogP contribution in [0.2, 0.25) is 0 Å². The smallest absolute Gasteiger partial charge is 0.107 e. The van der Waals surface area contributed by atoms with E-state index in [1.807, 2.05) is 12.1 Å². The van der Waals surface area contributed by atoms with Crippen molar-refractivity contribution in [2.75, 3.05) is 6.54 Å². The third-order valence-corrected chi connectivity index (χ3v) is 3.78. The van der Waals surface area contributed by atoms with Crippen LogP contribution in [0.4, 0.5) is 0 Å². The second-order valence-corrected chi connectivity index (χ2v) is 5.38. The Morgan fingerprint density at radius 1 is 1.29 bits per heavy atom. The first-order chi connectivity index (χ1) is 8.42. The van der Waals surface area contributed by atoms with Gasteiger partial charge in [-0.05, 0) is 37.4 Å². The average molecular weight is 245 g/mol. The standard InChI is InChI=1S/C13H15N3S/c1-2-10(1)7-15-8-13-16-12(9-17-13)11-3-5-14-6-4-11/h3-6,9-10,15H,1-2,7-8H2. The summed E-state index contributed by atoms with van der Waals surface area (Å²) >= 11 is 1.72. The van der Waals surface area contributed by atoms with Crippen LogP contribution in [0, 0.1) is 5.92 Å². The SMILES string of the molecule is c1cc(-c2csc(CNCC3CC3)n2)ccn1. The molecule has 0 atom stereocenters. The molecule has 3 rings (SSSR count). The number of nitrogens with one attached hydrogen (secondary N) is 1. The molecule has 0 aromatic carbocycles. The molecular formula is C13H15N3S. The molecule has 0 aliphatic heterocycles. The zero-order valence-electron chi connectivity index (χ0n) is 9.60. The molecule has 1 fully saturated rings. The molecule has 0 amide bonds. The van der Waals surface area contributed by atoms with Gasteiger partial charge < -0.3 is 5.32 Å². The van der Waals surface area contributed by atoms with E-state index in [4.69, 9.17) is 0 Å². The summed E-state index contributed by atoms with van der Waals surface area (Å²) in [7, 11) is 0. The van der Waals surface area contributed by atoms with Crippen LogP contribution in [0.5, 0.6) is 0 Å². The fraction of sp³-hybridized carbons (Fsp3) is 0.385. The van der Waals surface area contributed by atoms with E-state index in [0.717, 1.165) is 35.3 Å². The van der Waals surface area contributed by atoms with Crippen LogP contribution < -0.4 is 5.32 Å². The van der Waals surface area contributed by atoms with Crippen molar-refractivity contribution in [2.45, 2.75) is 19.4 Å². The predicted octanol–water partition coefficient (Wildman–Crippen LogP) is 2.70. The normalized spacial score (nSPS) is 15.1. The molecule has 1 N–H and O–H groups in total. The summed E-state index contributed by atoms with van der Waals surface area (Å²) in [5.41, 5.74) is 2.20. The van der Waals surface area contributed by atoms with Crippen LogP contribution in [0.1, 0.15) is 17.8 Å². The summed E-state index contributed by atoms with van der Waals surface area (Å²) in [6.45, 7) is 2.04. The van der Waals surface area contributed by atoms with E-state index in [1.54, 1.807) is 23.7 Å². The lowest BCUT2D eigenvalue weighted by Crippen LogP contribution is -2.15. The molecule has 2 aromatic heterocycles. The monoisotopic (exact) mass is 245 g/mol. The largest absolute Gasteiger partial charge is 0.310 e. The molecule has 4 heteroatoms. The highest BCUT2D eigenvalue weighted by Gasteiger charge is 2.20. The Kier molecular flexibility index (Phi) is 3.16. The Hall–Kier alpha value is -1.26. The number of hydrogen-bond acceptors (Lipinski definition) is 4. The van der Waals surface area contributed by atoms with Gasteiger partial charge in [-0.2, -0.15) is 0 Å². The van der Waals surface area contributed by atoms with Crippen LogP contribution in [-0.4, -0.2) is 16.5 Å². The maximum Gasteiger partial charge on any atom is 0.107 e. The molecule has 3 nitrogen and oxygen atoms in total. The fourth-order valence-electron chi connectivity index (χ4n) is 1.75. The Balaban J connectivity index is 1.61. The topological polar surface area (TPSA) is 37.8 Å². The van der Waals surface area contributed by atoms with Gasteiger partial charge >= 0.3 is 0 Å². The molecule has 1 saturated carbocycles. The summed E-state index contributed by atoms with van der Waals surface area (Å²) in [6, 6.07) is 3.99. The molecule has 2 aromatic rings. The van der Waals surface area contributed by atoms with E-state index in [9.17, 15) is 0 Å². The number of thiazole rings is 1. The van der Waals surface area contributed by atoms with Gasteiger partial charge in [0.15, 0.2) is 0 Å². The lowest BCUT2D eigenvalue weighted by molar-refractivity contribution is 0.637. The third-order valence-electron chi connectivity index (χ3n) is 2.93. The van der Waals surface area contributed by atoms with Crippen molar-refractivity contribution in [3.63, 3.8) is 0 Å². The molecule has 88 valence electrons. The predicted molar refractivity (Wildman–Crippen MR) is 69.8 cm³/mol. The van der Waals surface area contributed by atoms with Crippen LogP contribution in [0.15, 0.2) is 29.9 Å². The van der Waals surface area contributed by atoms with Gasteiger partial charge in [-0.3, -0.25) is 4.98 Å². The molecule has 0 spiro atoms. The fourth-order valence-corrected chi connectivity index (χ4v) is 2.53. The van der Waals surface area contributed by atoms with Crippen molar-refractivity contribution in [1.82, 2.24) is 15.3 Å². The molecular weight excluding hydrogens is 230 g/mol. The van der Waals surface area contributed by atoms with Gasteiger partial charge in [0.1, 0.15) is 5.01 Å². The highest BCUT2D eigenvalue weighted by molar-refractivity contribution is 7.09. The zero-order valence-corrected chi connectivity index (χ0v) is 10.4. The van der Waals surface area contributed by atoms with Gasteiger partial charge in [0.25, 0.3) is 0 Å². The number of rotatable bonds is 5. The highest BCUT2D eigenvalue weighted by Crippen LogP contribution is 2.27. The van der Waals surface area contributed by atoms with Crippen molar-refractivity contribution >= 4 is 11.3 Å². The molecule has 17 heavy (non-hydrogen) atoms. The van der Waals surface area contributed by atoms with E-state index in [2.05, 4.69) is 20.7 Å². The first-order valence-electron chi connectivity index (χ1n) is 5.97. The van der Waals surface area contributed by atoms with Crippen LogP contribution in [-0.2, 0) is 6.54 Å². The van der Waals surface area contributed by atoms with Crippen LogP contribution in [0.25, 0.3) is 11.3 Å². The Labute approximate surface area is 105 Å². The minimum Gasteiger partial charge on any atom is -0.310 e. The second-order valence-electron chi connectivity index (χ2n) is 4.44. The van der Waals surface area contributed by atoms with Crippen molar-refractivity contribution in [3.05, 3.63) is 34.9 Å². The summed E-state index contributed by atoms with van der Waals surface area (Å²) in [5, 5.41) is 6.74. The van der Waals surface area contributed by atoms with Gasteiger partial charge in [0, 0.05) is 29.9 Å². The number of aromatic nitrogens is 2. The van der Waals surface area contributed by atoms with E-state index >= 15 is 0 Å². The second kappa shape index (κ2) is 4.94. The quantitative estimate of drug-likeness (QED) is 0.880. The van der Waals surface area contributed by atoms with E-state index in [-0.39, 0.29) is 0 Å². The maximum absolute atomic E-state index is 4.63. The Bertz CT molecular complexity index is 476. The van der Waals surface area contributed by atoms with Gasteiger partial charge in [-0.25, -0.2) is 4.98 Å². The summed E-state index contributed by atoms with van der Waals surface area (Å²) in [5.74, 6) is 0.926. The van der Waals surface area contributed by atoms with Crippen LogP contribution in [0.3, 0.4) is 0 Å². The van der Waals surface area contributed by atoms with E-state index in [1.165, 1.54) is 12.8 Å². The minimum absolute atomic E-state index is 0.895. The van der Waals surface area contributed by atoms with Crippen molar-refractivity contribution in [2.24, 2.45) is 5.92 Å². The Morgan fingerprint density at radius 3 is 2.88 bits per heavy atom. The van der Waals surface area contributed by atoms with Gasteiger partial charge in [0.2, 0.25) is 0 Å². The summed E-state index contributed by atoms with van der Waals surface area (Å²) in [4.78, 5) is 8.64. The van der Waals surface area contributed by atoms with Gasteiger partial charge in [-0.1, -0.05) is 0 Å². The average Bonchev–Trinajstić information content (AvgIpc) is 3.07. The van der Waals surface area contributed by atoms with Crippen molar-refractivity contribution < 1.29 is 0 Å². The molecule has 0 bridgehead atoms. The summed E-state index contributed by atoms with van der Waals surface area (Å²) < 4.78 is 0. The molecule has 0 radical (unpaired) electrons. The number of hydrogen-bond donors (Lipinski definition) is 1. The first kappa shape index (κ1) is 10.9. The lowest BCUT2D eigenvalue weighted by Gasteiger charge is -1.99. The molecule has 1 aliphatic carbocycles. The molecule has 0 saturated heterocycles. The van der Waals surface area contributed by atoms with Crippen molar-refractivity contribution in [1.29, 1.82) is 0 Å². The number of nitrogens with zero attached hydrogens (tertiary/aromatic N) is 2. The molecule has 1 aliphatic rings. The van der Waals surface area contributed by atoms with E-state index in [0.29, 0.717) is 0 Å².